The molecule has 0 radical (unpaired) electrons. The molecule has 1 aromatic rings. The highest BCUT2D eigenvalue weighted by Gasteiger charge is 2.22. The van der Waals surface area contributed by atoms with Crippen LogP contribution in [0.25, 0.3) is 0 Å². The first-order valence-corrected chi connectivity index (χ1v) is 7.04. The molecule has 0 aromatic heterocycles. The number of benzene rings is 1. The summed E-state index contributed by atoms with van der Waals surface area (Å²) in [6.07, 6.45) is 0. The van der Waals surface area contributed by atoms with Crippen molar-refractivity contribution in [1.82, 2.24) is 5.32 Å². The molecule has 20 heavy (non-hydrogen) atoms. The predicted molar refractivity (Wildman–Crippen MR) is 77.7 cm³/mol. The van der Waals surface area contributed by atoms with E-state index in [1.54, 1.807) is 0 Å². The maximum absolute atomic E-state index is 11.9. The number of anilines is 1. The Morgan fingerprint density at radius 1 is 1.35 bits per heavy atom. The fraction of sp³-hybridized carbons (Fsp3) is 0.467. The molecule has 1 aromatic carbocycles. The zero-order valence-electron chi connectivity index (χ0n) is 12.0. The lowest BCUT2D eigenvalue weighted by atomic mass is 10.0. The number of hydrogen-bond acceptors (Lipinski definition) is 2. The van der Waals surface area contributed by atoms with Crippen molar-refractivity contribution in [3.63, 3.8) is 0 Å². The van der Waals surface area contributed by atoms with Gasteiger partial charge in [-0.2, -0.15) is 0 Å². The molecule has 0 saturated carbocycles. The number of piperazine rings is 1. The van der Waals surface area contributed by atoms with Crippen molar-refractivity contribution in [3.05, 3.63) is 29.8 Å². The number of carbonyl (C=O) groups excluding carboxylic acids is 2. The molecule has 108 valence electrons. The summed E-state index contributed by atoms with van der Waals surface area (Å²) in [5, 5.41) is 5.64. The second-order valence-corrected chi connectivity index (χ2v) is 5.53. The summed E-state index contributed by atoms with van der Waals surface area (Å²) in [6, 6.07) is 7.90. The first-order valence-electron chi connectivity index (χ1n) is 7.04. The quantitative estimate of drug-likeness (QED) is 0.711. The number of quaternary nitrogens is 1. The smallest absolute Gasteiger partial charge is 0.279 e. The van der Waals surface area contributed by atoms with Gasteiger partial charge in [0.15, 0.2) is 13.1 Å². The summed E-state index contributed by atoms with van der Waals surface area (Å²) >= 11 is 0. The van der Waals surface area contributed by atoms with Crippen LogP contribution in [0, 0.1) is 0 Å². The van der Waals surface area contributed by atoms with Crippen LogP contribution in [0.1, 0.15) is 25.3 Å². The minimum absolute atomic E-state index is 0.0142. The van der Waals surface area contributed by atoms with Gasteiger partial charge in [-0.15, -0.1) is 0 Å². The monoisotopic (exact) mass is 276 g/mol. The largest absolute Gasteiger partial charge is 0.346 e. The molecule has 1 atom stereocenters. The van der Waals surface area contributed by atoms with Gasteiger partial charge in [0.1, 0.15) is 0 Å². The Morgan fingerprint density at radius 2 is 2.05 bits per heavy atom. The number of carbonyl (C=O) groups is 2. The maximum atomic E-state index is 11.9. The molecular weight excluding hydrogens is 254 g/mol. The minimum atomic E-state index is -0.0491. The van der Waals surface area contributed by atoms with E-state index in [1.807, 2.05) is 24.3 Å². The van der Waals surface area contributed by atoms with E-state index in [-0.39, 0.29) is 11.8 Å². The van der Waals surface area contributed by atoms with Crippen molar-refractivity contribution in [2.75, 3.05) is 31.5 Å². The normalized spacial score (nSPS) is 18.8. The van der Waals surface area contributed by atoms with E-state index in [2.05, 4.69) is 24.5 Å². The van der Waals surface area contributed by atoms with Crippen molar-refractivity contribution in [2.45, 2.75) is 19.8 Å². The Bertz CT molecular complexity index is 482. The molecule has 1 unspecified atom stereocenters. The second-order valence-electron chi connectivity index (χ2n) is 5.53. The lowest BCUT2D eigenvalue weighted by Gasteiger charge is -2.22. The van der Waals surface area contributed by atoms with Gasteiger partial charge in [-0.3, -0.25) is 9.59 Å². The van der Waals surface area contributed by atoms with Gasteiger partial charge < -0.3 is 15.5 Å². The molecule has 5 nitrogen and oxygen atoms in total. The van der Waals surface area contributed by atoms with Crippen molar-refractivity contribution in [2.24, 2.45) is 0 Å². The van der Waals surface area contributed by atoms with Crippen molar-refractivity contribution < 1.29 is 14.5 Å². The molecule has 0 bridgehead atoms. The van der Waals surface area contributed by atoms with Crippen LogP contribution in [0.5, 0.6) is 0 Å². The van der Waals surface area contributed by atoms with Crippen molar-refractivity contribution in [3.8, 4) is 0 Å². The second kappa shape index (κ2) is 6.52. The molecule has 0 spiro atoms. The SMILES string of the molecule is CC(C)c1ccc(NC(=O)C[NH+]2CCNC(=O)C2)cc1. The Balaban J connectivity index is 1.86. The Hall–Kier alpha value is -1.88. The topological polar surface area (TPSA) is 62.6 Å². The molecule has 1 heterocycles. The summed E-state index contributed by atoms with van der Waals surface area (Å²) < 4.78 is 0. The van der Waals surface area contributed by atoms with Crippen LogP contribution < -0.4 is 15.5 Å². The van der Waals surface area contributed by atoms with Gasteiger partial charge in [0, 0.05) is 5.69 Å². The van der Waals surface area contributed by atoms with E-state index in [0.717, 1.165) is 17.1 Å². The summed E-state index contributed by atoms with van der Waals surface area (Å²) in [5.41, 5.74) is 2.06. The molecule has 2 rings (SSSR count). The van der Waals surface area contributed by atoms with Crippen molar-refractivity contribution >= 4 is 17.5 Å². The van der Waals surface area contributed by atoms with Gasteiger partial charge >= 0.3 is 0 Å². The Kier molecular flexibility index (Phi) is 4.74. The lowest BCUT2D eigenvalue weighted by Crippen LogP contribution is -3.16. The fourth-order valence-electron chi connectivity index (χ4n) is 2.29. The van der Waals surface area contributed by atoms with Crippen LogP contribution in [0.2, 0.25) is 0 Å². The molecule has 5 heteroatoms. The number of rotatable bonds is 4. The zero-order valence-corrected chi connectivity index (χ0v) is 12.0. The molecule has 1 saturated heterocycles. The van der Waals surface area contributed by atoms with Gasteiger partial charge in [0.2, 0.25) is 0 Å². The third-order valence-corrected chi connectivity index (χ3v) is 3.48. The predicted octanol–water partition coefficient (Wildman–Crippen LogP) is -0.237. The third-order valence-electron chi connectivity index (χ3n) is 3.48. The average molecular weight is 276 g/mol. The average Bonchev–Trinajstić information content (AvgIpc) is 2.39. The van der Waals surface area contributed by atoms with E-state index in [4.69, 9.17) is 0 Å². The van der Waals surface area contributed by atoms with Gasteiger partial charge in [-0.25, -0.2) is 0 Å². The van der Waals surface area contributed by atoms with E-state index >= 15 is 0 Å². The number of hydrogen-bond donors (Lipinski definition) is 3. The Morgan fingerprint density at radius 3 is 2.65 bits per heavy atom. The first kappa shape index (κ1) is 14.5. The number of nitrogens with one attached hydrogen (secondary N) is 3. The van der Waals surface area contributed by atoms with Gasteiger partial charge in [-0.1, -0.05) is 26.0 Å². The van der Waals surface area contributed by atoms with Crippen LogP contribution >= 0.6 is 0 Å². The molecule has 0 aliphatic carbocycles. The Labute approximate surface area is 119 Å². The summed E-state index contributed by atoms with van der Waals surface area (Å²) in [5.74, 6) is 0.448. The zero-order chi connectivity index (χ0) is 14.5. The molecule has 1 aliphatic heterocycles. The highest BCUT2D eigenvalue weighted by molar-refractivity contribution is 5.91. The van der Waals surface area contributed by atoms with Crippen LogP contribution in [-0.2, 0) is 9.59 Å². The van der Waals surface area contributed by atoms with E-state index in [0.29, 0.717) is 25.6 Å². The van der Waals surface area contributed by atoms with Crippen LogP contribution in [0.4, 0.5) is 5.69 Å². The fourth-order valence-corrected chi connectivity index (χ4v) is 2.29. The highest BCUT2D eigenvalue weighted by Crippen LogP contribution is 2.16. The summed E-state index contributed by atoms with van der Waals surface area (Å²) in [4.78, 5) is 24.2. The molecular formula is C15H22N3O2+. The van der Waals surface area contributed by atoms with Gasteiger partial charge in [-0.05, 0) is 23.6 Å². The van der Waals surface area contributed by atoms with Crippen molar-refractivity contribution in [1.29, 1.82) is 0 Å². The van der Waals surface area contributed by atoms with E-state index < -0.39 is 0 Å². The number of amides is 2. The maximum Gasteiger partial charge on any atom is 0.279 e. The van der Waals surface area contributed by atoms with Crippen LogP contribution in [0.3, 0.4) is 0 Å². The molecule has 1 aliphatic rings. The summed E-state index contributed by atoms with van der Waals surface area (Å²) in [7, 11) is 0. The first-order chi connectivity index (χ1) is 9.54. The van der Waals surface area contributed by atoms with Crippen LogP contribution in [-0.4, -0.2) is 38.0 Å². The summed E-state index contributed by atoms with van der Waals surface area (Å²) in [6.45, 7) is 6.42. The standard InChI is InChI=1S/C15H21N3O2/c1-11(2)12-3-5-13(6-4-12)17-15(20)10-18-8-7-16-14(19)9-18/h3-6,11H,7-10H2,1-2H3,(H,16,19)(H,17,20)/p+1. The minimum Gasteiger partial charge on any atom is -0.346 e. The third kappa shape index (κ3) is 4.06. The highest BCUT2D eigenvalue weighted by atomic mass is 16.2. The molecule has 1 fully saturated rings. The van der Waals surface area contributed by atoms with Gasteiger partial charge in [0.05, 0.1) is 13.1 Å². The molecule has 3 N–H and O–H groups in total. The van der Waals surface area contributed by atoms with Crippen LogP contribution in [0.15, 0.2) is 24.3 Å². The van der Waals surface area contributed by atoms with E-state index in [9.17, 15) is 9.59 Å². The lowest BCUT2D eigenvalue weighted by molar-refractivity contribution is -0.885. The van der Waals surface area contributed by atoms with E-state index in [1.165, 1.54) is 5.56 Å². The van der Waals surface area contributed by atoms with Gasteiger partial charge in [0.25, 0.3) is 11.8 Å². The molecule has 2 amide bonds.